The molecule has 3 heterocycles. The summed E-state index contributed by atoms with van der Waals surface area (Å²) in [5.41, 5.74) is 6.70. The minimum atomic E-state index is 0.401. The van der Waals surface area contributed by atoms with Gasteiger partial charge in [-0.15, -0.1) is 0 Å². The molecule has 3 N–H and O–H groups in total. The van der Waals surface area contributed by atoms with E-state index in [0.29, 0.717) is 5.41 Å². The molecule has 29 heavy (non-hydrogen) atoms. The fourth-order valence-electron chi connectivity index (χ4n) is 4.30. The summed E-state index contributed by atoms with van der Waals surface area (Å²) >= 11 is 0. The van der Waals surface area contributed by atoms with E-state index in [1.165, 1.54) is 35.3 Å². The zero-order valence-corrected chi connectivity index (χ0v) is 18.5. The second kappa shape index (κ2) is 9.72. The second-order valence-corrected chi connectivity index (χ2v) is 9.45. The smallest absolute Gasteiger partial charge is 0.207 e. The summed E-state index contributed by atoms with van der Waals surface area (Å²) in [4.78, 5) is 20.5. The van der Waals surface area contributed by atoms with Crippen molar-refractivity contribution >= 4 is 17.4 Å². The number of aromatic amines is 1. The Morgan fingerprint density at radius 2 is 2.03 bits per heavy atom. The Hall–Kier alpha value is -1.92. The van der Waals surface area contributed by atoms with Gasteiger partial charge in [-0.25, -0.2) is 0 Å². The molecule has 6 nitrogen and oxygen atoms in total. The van der Waals surface area contributed by atoms with Crippen LogP contribution in [-0.2, 0) is 17.6 Å². The maximum Gasteiger partial charge on any atom is 0.207 e. The number of aromatic nitrogens is 2. The van der Waals surface area contributed by atoms with Gasteiger partial charge in [0, 0.05) is 50.7 Å². The summed E-state index contributed by atoms with van der Waals surface area (Å²) < 4.78 is 0. The van der Waals surface area contributed by atoms with Crippen LogP contribution in [0, 0.1) is 18.3 Å². The van der Waals surface area contributed by atoms with E-state index >= 15 is 0 Å². The molecule has 1 saturated heterocycles. The van der Waals surface area contributed by atoms with Crippen molar-refractivity contribution in [3.05, 3.63) is 29.1 Å². The normalized spacial score (nSPS) is 19.9. The highest BCUT2D eigenvalue weighted by Gasteiger charge is 2.29. The van der Waals surface area contributed by atoms with Crippen molar-refractivity contribution in [1.29, 1.82) is 0 Å². The zero-order chi connectivity index (χ0) is 20.9. The van der Waals surface area contributed by atoms with E-state index in [-0.39, 0.29) is 0 Å². The Labute approximate surface area is 174 Å². The number of amides is 1. The first-order valence-electron chi connectivity index (χ1n) is 10.9. The van der Waals surface area contributed by atoms with Crippen LogP contribution in [0.2, 0.25) is 0 Å². The first-order chi connectivity index (χ1) is 13.9. The van der Waals surface area contributed by atoms with Crippen LogP contribution in [0.4, 0.5) is 0 Å². The third kappa shape index (κ3) is 6.03. The van der Waals surface area contributed by atoms with E-state index in [9.17, 15) is 4.79 Å². The molecule has 1 amide bonds. The SMILES string of the molecule is Cc1cc2nc3c(cc2[nH]1)CC(C(C)(C)C)CC3.O=CNCCN1CCNCC1. The highest BCUT2D eigenvalue weighted by Crippen LogP contribution is 2.37. The molecule has 6 heteroatoms. The van der Waals surface area contributed by atoms with Gasteiger partial charge < -0.3 is 15.6 Å². The molecule has 2 aliphatic rings. The fraction of sp³-hybridized carbons (Fsp3) is 0.652. The van der Waals surface area contributed by atoms with E-state index in [1.54, 1.807) is 0 Å². The van der Waals surface area contributed by atoms with Crippen LogP contribution in [0.5, 0.6) is 0 Å². The summed E-state index contributed by atoms with van der Waals surface area (Å²) in [6.07, 6.45) is 4.35. The predicted molar refractivity (Wildman–Crippen MR) is 119 cm³/mol. The van der Waals surface area contributed by atoms with Crippen molar-refractivity contribution in [2.24, 2.45) is 11.3 Å². The third-order valence-electron chi connectivity index (χ3n) is 6.19. The minimum Gasteiger partial charge on any atom is -0.357 e. The Morgan fingerprint density at radius 1 is 1.28 bits per heavy atom. The van der Waals surface area contributed by atoms with Gasteiger partial charge >= 0.3 is 0 Å². The van der Waals surface area contributed by atoms with Gasteiger partial charge in [-0.3, -0.25) is 14.7 Å². The highest BCUT2D eigenvalue weighted by molar-refractivity contribution is 5.77. The molecule has 1 atom stereocenters. The summed E-state index contributed by atoms with van der Waals surface area (Å²) in [5.74, 6) is 0.778. The Bertz CT molecular complexity index is 801. The van der Waals surface area contributed by atoms with Crippen LogP contribution in [0.15, 0.2) is 12.1 Å². The second-order valence-electron chi connectivity index (χ2n) is 9.45. The van der Waals surface area contributed by atoms with Crippen LogP contribution in [-0.4, -0.2) is 60.5 Å². The van der Waals surface area contributed by atoms with Gasteiger partial charge in [0.1, 0.15) is 0 Å². The number of carbonyl (C=O) groups excluding carboxylic acids is 1. The molecule has 0 saturated carbocycles. The van der Waals surface area contributed by atoms with E-state index in [0.717, 1.165) is 63.5 Å². The van der Waals surface area contributed by atoms with Crippen LogP contribution in [0.1, 0.15) is 44.1 Å². The number of pyridine rings is 1. The average molecular weight is 400 g/mol. The lowest BCUT2D eigenvalue weighted by Crippen LogP contribution is -2.45. The van der Waals surface area contributed by atoms with Gasteiger partial charge in [0.15, 0.2) is 0 Å². The fourth-order valence-corrected chi connectivity index (χ4v) is 4.30. The Morgan fingerprint density at radius 3 is 2.72 bits per heavy atom. The summed E-state index contributed by atoms with van der Waals surface area (Å²) in [6, 6.07) is 4.47. The molecule has 0 aromatic carbocycles. The van der Waals surface area contributed by atoms with Crippen LogP contribution in [0.3, 0.4) is 0 Å². The number of nitrogens with zero attached hydrogens (tertiary/aromatic N) is 2. The Kier molecular flexibility index (Phi) is 7.30. The maximum atomic E-state index is 9.90. The zero-order valence-electron chi connectivity index (χ0n) is 18.5. The molecule has 0 bridgehead atoms. The van der Waals surface area contributed by atoms with E-state index in [4.69, 9.17) is 4.98 Å². The first kappa shape index (κ1) is 21.8. The van der Waals surface area contributed by atoms with Gasteiger partial charge in [0.05, 0.1) is 11.0 Å². The van der Waals surface area contributed by atoms with Gasteiger partial charge in [0.25, 0.3) is 0 Å². The van der Waals surface area contributed by atoms with Crippen LogP contribution < -0.4 is 10.6 Å². The summed E-state index contributed by atoms with van der Waals surface area (Å²) in [6.45, 7) is 15.2. The van der Waals surface area contributed by atoms with E-state index < -0.39 is 0 Å². The highest BCUT2D eigenvalue weighted by atomic mass is 16.1. The average Bonchev–Trinajstić information content (AvgIpc) is 3.05. The molecule has 4 rings (SSSR count). The topological polar surface area (TPSA) is 73.0 Å². The number of aryl methyl sites for hydroxylation is 2. The summed E-state index contributed by atoms with van der Waals surface area (Å²) in [7, 11) is 0. The Balaban J connectivity index is 0.000000188. The quantitative estimate of drug-likeness (QED) is 0.546. The molecule has 1 aliphatic heterocycles. The molecule has 1 aliphatic carbocycles. The van der Waals surface area contributed by atoms with Crippen molar-refractivity contribution in [1.82, 2.24) is 25.5 Å². The molecule has 160 valence electrons. The number of hydrogen-bond donors (Lipinski definition) is 3. The van der Waals surface area contributed by atoms with Crippen molar-refractivity contribution in [2.45, 2.75) is 47.0 Å². The van der Waals surface area contributed by atoms with Crippen LogP contribution in [0.25, 0.3) is 11.0 Å². The van der Waals surface area contributed by atoms with Crippen molar-refractivity contribution < 1.29 is 4.79 Å². The lowest BCUT2D eigenvalue weighted by atomic mass is 9.71. The standard InChI is InChI=1S/C16H22N2.C7H15N3O/c1-10-7-14-15(17-10)9-11-8-12(16(2,3)4)5-6-13(11)18-14;11-7-9-3-6-10-4-1-8-2-5-10/h7,9,12,17H,5-6,8H2,1-4H3;7-8H,1-6H2,(H,9,11). The van der Waals surface area contributed by atoms with E-state index in [2.05, 4.69) is 60.3 Å². The number of nitrogens with one attached hydrogen (secondary N) is 3. The molecule has 0 radical (unpaired) electrons. The largest absolute Gasteiger partial charge is 0.357 e. The minimum absolute atomic E-state index is 0.401. The molecular formula is C23H37N5O. The lowest BCUT2D eigenvalue weighted by molar-refractivity contribution is -0.109. The van der Waals surface area contributed by atoms with Crippen molar-refractivity contribution in [2.75, 3.05) is 39.3 Å². The number of piperazine rings is 1. The lowest BCUT2D eigenvalue weighted by Gasteiger charge is -2.34. The van der Waals surface area contributed by atoms with Crippen LogP contribution >= 0.6 is 0 Å². The summed E-state index contributed by atoms with van der Waals surface area (Å²) in [5, 5.41) is 5.93. The number of fused-ring (bicyclic) bond motifs is 2. The predicted octanol–water partition coefficient (Wildman–Crippen LogP) is 2.66. The molecule has 2 aromatic rings. The number of hydrogen-bond acceptors (Lipinski definition) is 4. The maximum absolute atomic E-state index is 9.90. The number of carbonyl (C=O) groups is 1. The first-order valence-corrected chi connectivity index (χ1v) is 10.9. The molecule has 1 fully saturated rings. The van der Waals surface area contributed by atoms with Crippen molar-refractivity contribution in [3.8, 4) is 0 Å². The molecular weight excluding hydrogens is 362 g/mol. The molecule has 2 aromatic heterocycles. The monoisotopic (exact) mass is 399 g/mol. The van der Waals surface area contributed by atoms with Gasteiger partial charge in [-0.2, -0.15) is 0 Å². The van der Waals surface area contributed by atoms with Gasteiger partial charge in [0.2, 0.25) is 6.41 Å². The molecule has 1 unspecified atom stereocenters. The van der Waals surface area contributed by atoms with Gasteiger partial charge in [-0.05, 0) is 55.2 Å². The number of H-pyrrole nitrogens is 1. The van der Waals surface area contributed by atoms with Gasteiger partial charge in [-0.1, -0.05) is 20.8 Å². The van der Waals surface area contributed by atoms with Crippen molar-refractivity contribution in [3.63, 3.8) is 0 Å². The van der Waals surface area contributed by atoms with E-state index in [1.807, 2.05) is 0 Å². The number of rotatable bonds is 4. The molecule has 0 spiro atoms. The third-order valence-corrected chi connectivity index (χ3v) is 6.19.